The fraction of sp³-hybridized carbons (Fsp3) is 0.778. The first-order valence-corrected chi connectivity index (χ1v) is 5.23. The van der Waals surface area contributed by atoms with Gasteiger partial charge in [-0.2, -0.15) is 0 Å². The molecule has 0 radical (unpaired) electrons. The third-order valence-corrected chi connectivity index (χ3v) is 3.01. The van der Waals surface area contributed by atoms with Gasteiger partial charge in [0.25, 0.3) is 0 Å². The molecule has 0 aromatic rings. The maximum absolute atomic E-state index is 5.76. The van der Waals surface area contributed by atoms with E-state index in [-0.39, 0.29) is 18.3 Å². The van der Waals surface area contributed by atoms with E-state index in [0.717, 1.165) is 4.48 Å². The maximum atomic E-state index is 5.76. The number of hydrogen-bond acceptors (Lipinski definition) is 2. The molecule has 1 aliphatic rings. The largest absolute Gasteiger partial charge is 0.462 e. The lowest BCUT2D eigenvalue weighted by atomic mass is 9.85. The second kappa shape index (κ2) is 3.41. The van der Waals surface area contributed by atoms with E-state index in [0.29, 0.717) is 6.32 Å². The van der Waals surface area contributed by atoms with Gasteiger partial charge < -0.3 is 9.31 Å². The predicted molar refractivity (Wildman–Crippen MR) is 59.0 cm³/mol. The second-order valence-electron chi connectivity index (χ2n) is 4.41. The molecule has 1 heterocycles. The lowest BCUT2D eigenvalue weighted by molar-refractivity contribution is 0.00578. The van der Waals surface area contributed by atoms with Crippen LogP contribution >= 0.6 is 15.9 Å². The van der Waals surface area contributed by atoms with Crippen molar-refractivity contribution in [1.29, 1.82) is 0 Å². The van der Waals surface area contributed by atoms with Crippen LogP contribution in [0.1, 0.15) is 27.7 Å². The molecule has 0 N–H and O–H groups in total. The average molecular weight is 247 g/mol. The Labute approximate surface area is 89.0 Å². The highest BCUT2D eigenvalue weighted by Gasteiger charge is 2.50. The molecule has 0 saturated carbocycles. The topological polar surface area (TPSA) is 18.5 Å². The zero-order chi connectivity index (χ0) is 10.3. The molecule has 74 valence electrons. The normalized spacial score (nSPS) is 24.8. The number of hydrogen-bond donors (Lipinski definition) is 0. The Morgan fingerprint density at radius 3 is 1.92 bits per heavy atom. The van der Waals surface area contributed by atoms with Crippen LogP contribution in [0.15, 0.2) is 11.1 Å². The lowest BCUT2D eigenvalue weighted by Crippen LogP contribution is -2.41. The van der Waals surface area contributed by atoms with Crippen molar-refractivity contribution in [2.45, 2.75) is 45.2 Å². The highest BCUT2D eigenvalue weighted by molar-refractivity contribution is 9.11. The second-order valence-corrected chi connectivity index (χ2v) is 5.53. The molecule has 0 amide bonds. The summed E-state index contributed by atoms with van der Waals surface area (Å²) in [6.07, 6.45) is 0.701. The first-order chi connectivity index (χ1) is 5.74. The quantitative estimate of drug-likeness (QED) is 0.698. The van der Waals surface area contributed by atoms with Gasteiger partial charge in [0.1, 0.15) is 0 Å². The maximum Gasteiger partial charge on any atom is 0.462 e. The van der Waals surface area contributed by atoms with Crippen molar-refractivity contribution >= 4 is 23.0 Å². The molecule has 0 atom stereocenters. The van der Waals surface area contributed by atoms with Crippen LogP contribution in [0.2, 0.25) is 6.32 Å². The molecule has 1 rings (SSSR count). The fourth-order valence-corrected chi connectivity index (χ4v) is 1.49. The Hall–Kier alpha value is 0.205. The van der Waals surface area contributed by atoms with Crippen LogP contribution in [0.5, 0.6) is 0 Å². The third kappa shape index (κ3) is 2.36. The summed E-state index contributed by atoms with van der Waals surface area (Å²) in [4.78, 5) is 0. The summed E-state index contributed by atoms with van der Waals surface area (Å²) in [5.74, 6) is 0. The zero-order valence-electron chi connectivity index (χ0n) is 8.69. The summed E-state index contributed by atoms with van der Waals surface area (Å²) in [6.45, 7) is 12.0. The van der Waals surface area contributed by atoms with Gasteiger partial charge in [-0.05, 0) is 32.2 Å². The minimum atomic E-state index is -0.236. The van der Waals surface area contributed by atoms with Crippen LogP contribution in [-0.2, 0) is 9.31 Å². The van der Waals surface area contributed by atoms with E-state index in [1.807, 2.05) is 27.7 Å². The van der Waals surface area contributed by atoms with E-state index in [1.54, 1.807) is 0 Å². The fourth-order valence-electron chi connectivity index (χ4n) is 1.23. The van der Waals surface area contributed by atoms with E-state index in [4.69, 9.17) is 9.31 Å². The van der Waals surface area contributed by atoms with Gasteiger partial charge in [0.05, 0.1) is 11.2 Å². The van der Waals surface area contributed by atoms with Gasteiger partial charge in [-0.3, -0.25) is 0 Å². The predicted octanol–water partition coefficient (Wildman–Crippen LogP) is 2.99. The number of rotatable bonds is 2. The van der Waals surface area contributed by atoms with Gasteiger partial charge in [0.15, 0.2) is 0 Å². The van der Waals surface area contributed by atoms with E-state index in [9.17, 15) is 0 Å². The minimum absolute atomic E-state index is 0.170. The SMILES string of the molecule is C=C(Br)CB1OC(C)(C)C(C)(C)O1. The van der Waals surface area contributed by atoms with Gasteiger partial charge >= 0.3 is 7.12 Å². The Morgan fingerprint density at radius 1 is 1.23 bits per heavy atom. The van der Waals surface area contributed by atoms with Gasteiger partial charge in [-0.1, -0.05) is 22.5 Å². The van der Waals surface area contributed by atoms with Gasteiger partial charge in [-0.25, -0.2) is 0 Å². The molecule has 4 heteroatoms. The summed E-state index contributed by atoms with van der Waals surface area (Å²) in [5, 5.41) is 0. The Morgan fingerprint density at radius 2 is 1.62 bits per heavy atom. The number of halogens is 1. The van der Waals surface area contributed by atoms with E-state index in [2.05, 4.69) is 22.5 Å². The first kappa shape index (κ1) is 11.3. The highest BCUT2D eigenvalue weighted by Crippen LogP contribution is 2.38. The lowest BCUT2D eigenvalue weighted by Gasteiger charge is -2.32. The molecule has 0 spiro atoms. The molecular weight excluding hydrogens is 231 g/mol. The standard InChI is InChI=1S/C9H16BBrO2/c1-7(11)6-10-12-8(2,3)9(4,5)13-10/h1,6H2,2-5H3. The Bertz CT molecular complexity index is 210. The van der Waals surface area contributed by atoms with E-state index >= 15 is 0 Å². The van der Waals surface area contributed by atoms with E-state index in [1.165, 1.54) is 0 Å². The van der Waals surface area contributed by atoms with Crippen molar-refractivity contribution < 1.29 is 9.31 Å². The summed E-state index contributed by atoms with van der Waals surface area (Å²) in [7, 11) is -0.170. The monoisotopic (exact) mass is 246 g/mol. The van der Waals surface area contributed by atoms with E-state index < -0.39 is 0 Å². The summed E-state index contributed by atoms with van der Waals surface area (Å²) < 4.78 is 12.4. The van der Waals surface area contributed by atoms with Crippen LogP contribution < -0.4 is 0 Å². The van der Waals surface area contributed by atoms with Crippen molar-refractivity contribution in [3.05, 3.63) is 11.1 Å². The molecule has 2 nitrogen and oxygen atoms in total. The van der Waals surface area contributed by atoms with Crippen molar-refractivity contribution in [1.82, 2.24) is 0 Å². The van der Waals surface area contributed by atoms with Crippen LogP contribution in [0.3, 0.4) is 0 Å². The molecule has 0 aromatic heterocycles. The zero-order valence-corrected chi connectivity index (χ0v) is 10.3. The molecule has 0 unspecified atom stereocenters. The number of allylic oxidation sites excluding steroid dienone is 1. The van der Waals surface area contributed by atoms with Crippen molar-refractivity contribution in [2.24, 2.45) is 0 Å². The molecule has 1 aliphatic heterocycles. The third-order valence-electron chi connectivity index (χ3n) is 2.69. The minimum Gasteiger partial charge on any atom is -0.403 e. The summed E-state index contributed by atoms with van der Waals surface area (Å²) in [5.41, 5.74) is -0.472. The van der Waals surface area contributed by atoms with Gasteiger partial charge in [0, 0.05) is 6.32 Å². The highest BCUT2D eigenvalue weighted by atomic mass is 79.9. The van der Waals surface area contributed by atoms with Crippen molar-refractivity contribution in [2.75, 3.05) is 0 Å². The van der Waals surface area contributed by atoms with Gasteiger partial charge in [0.2, 0.25) is 0 Å². The smallest absolute Gasteiger partial charge is 0.403 e. The van der Waals surface area contributed by atoms with Crippen molar-refractivity contribution in [3.8, 4) is 0 Å². The Kier molecular flexibility index (Phi) is 2.96. The molecule has 0 aliphatic carbocycles. The van der Waals surface area contributed by atoms with Gasteiger partial charge in [-0.15, -0.1) is 0 Å². The summed E-state index contributed by atoms with van der Waals surface area (Å²) >= 11 is 3.31. The average Bonchev–Trinajstić information content (AvgIpc) is 1.98. The van der Waals surface area contributed by atoms with Crippen LogP contribution in [-0.4, -0.2) is 18.3 Å². The molecule has 0 aromatic carbocycles. The van der Waals surface area contributed by atoms with Crippen molar-refractivity contribution in [3.63, 3.8) is 0 Å². The molecule has 1 fully saturated rings. The molecule has 0 bridgehead atoms. The molecule has 1 saturated heterocycles. The Balaban J connectivity index is 2.65. The van der Waals surface area contributed by atoms with Crippen LogP contribution in [0.25, 0.3) is 0 Å². The molecule has 13 heavy (non-hydrogen) atoms. The van der Waals surface area contributed by atoms with Crippen LogP contribution in [0, 0.1) is 0 Å². The van der Waals surface area contributed by atoms with Crippen LogP contribution in [0.4, 0.5) is 0 Å². The summed E-state index contributed by atoms with van der Waals surface area (Å²) in [6, 6.07) is 0. The first-order valence-electron chi connectivity index (χ1n) is 4.43. The molecular formula is C9H16BBrO2.